The van der Waals surface area contributed by atoms with E-state index in [-0.39, 0.29) is 60.0 Å². The van der Waals surface area contributed by atoms with Crippen LogP contribution in [0.2, 0.25) is 0 Å². The molecule has 19 nitrogen and oxygen atoms in total. The molecule has 8 atom stereocenters. The summed E-state index contributed by atoms with van der Waals surface area (Å²) in [7, 11) is -8.52. The van der Waals surface area contributed by atoms with E-state index in [4.69, 9.17) is 37.5 Å². The van der Waals surface area contributed by atoms with Gasteiger partial charge in [0.05, 0.1) is 42.8 Å². The number of aliphatic hydroxyl groups is 1. The summed E-state index contributed by atoms with van der Waals surface area (Å²) in [6.07, 6.45) is -10.1. The lowest BCUT2D eigenvalue weighted by atomic mass is 10.0. The lowest BCUT2D eigenvalue weighted by Crippen LogP contribution is -2.51. The molecule has 1 unspecified atom stereocenters. The van der Waals surface area contributed by atoms with Crippen molar-refractivity contribution in [1.29, 1.82) is 0 Å². The Morgan fingerprint density at radius 2 is 1.52 bits per heavy atom. The molecule has 71 heavy (non-hydrogen) atoms. The Morgan fingerprint density at radius 3 is 2.14 bits per heavy atom. The monoisotopic (exact) mass is 1040 g/mol. The molecule has 2 saturated heterocycles. The first-order valence-electron chi connectivity index (χ1n) is 22.9. The number of esters is 2. The quantitative estimate of drug-likeness (QED) is 0.0492. The average molecular weight is 1040 g/mol. The highest BCUT2D eigenvalue weighted by molar-refractivity contribution is 7.89. The molecular weight excluding hydrogens is 983 g/mol. The molecule has 0 aromatic heterocycles. The van der Waals surface area contributed by atoms with Crippen LogP contribution in [-0.2, 0) is 70.2 Å². The van der Waals surface area contributed by atoms with Gasteiger partial charge in [0.1, 0.15) is 30.3 Å². The van der Waals surface area contributed by atoms with Crippen LogP contribution in [0.3, 0.4) is 0 Å². The predicted molar refractivity (Wildman–Crippen MR) is 247 cm³/mol. The third-order valence-corrected chi connectivity index (χ3v) is 14.5. The SMILES string of the molecule is CCOC(=O)[C@@H](C)OP(=O)(COc1ccc(C[C@H](NC(=O)O[C@H]2CO[C@H]3OCC[C@H]32)[C@H](O)CN(CC(C)C)S(=O)(=O)c2ccc(COC(=O)[C@@H](NC(=O)C(F)(F)F)C(C)C)cc2)cc1)Oc1ccccc1. The van der Waals surface area contributed by atoms with Crippen LogP contribution < -0.4 is 19.9 Å². The Kier molecular flexibility index (Phi) is 20.2. The van der Waals surface area contributed by atoms with Crippen molar-refractivity contribution >= 4 is 41.6 Å². The summed E-state index contributed by atoms with van der Waals surface area (Å²) in [5.74, 6) is -4.96. The third kappa shape index (κ3) is 16.6. The molecule has 0 radical (unpaired) electrons. The summed E-state index contributed by atoms with van der Waals surface area (Å²) >= 11 is 0. The molecular formula is C47H61F3N3O16PS. The highest BCUT2D eigenvalue weighted by atomic mass is 32.2. The normalized spacial score (nSPS) is 19.5. The second kappa shape index (κ2) is 25.4. The molecule has 3 aromatic carbocycles. The second-order valence-corrected chi connectivity index (χ2v) is 21.4. The topological polar surface area (TPSA) is 241 Å². The predicted octanol–water partition coefficient (Wildman–Crippen LogP) is 6.12. The summed E-state index contributed by atoms with van der Waals surface area (Å²) in [6.45, 7) is 8.95. The van der Waals surface area contributed by atoms with Gasteiger partial charge in [0.15, 0.2) is 12.4 Å². The van der Waals surface area contributed by atoms with Gasteiger partial charge < -0.3 is 48.7 Å². The Labute approximate surface area is 410 Å². The lowest BCUT2D eigenvalue weighted by Gasteiger charge is -2.31. The van der Waals surface area contributed by atoms with Gasteiger partial charge in [0, 0.05) is 13.1 Å². The van der Waals surface area contributed by atoms with E-state index >= 15 is 0 Å². The number of alkyl halides is 3. The third-order valence-electron chi connectivity index (χ3n) is 11.1. The summed E-state index contributed by atoms with van der Waals surface area (Å²) in [5, 5.41) is 16.2. The number of rotatable bonds is 25. The zero-order chi connectivity index (χ0) is 52.1. The smallest absolute Gasteiger partial charge is 0.471 e. The van der Waals surface area contributed by atoms with Crippen LogP contribution in [0.1, 0.15) is 59.1 Å². The maximum atomic E-state index is 14.2. The number of nitrogens with one attached hydrogen (secondary N) is 2. The number of sulfonamides is 1. The number of ether oxygens (including phenoxy) is 6. The summed E-state index contributed by atoms with van der Waals surface area (Å²) < 4.78 is 126. The van der Waals surface area contributed by atoms with E-state index in [0.29, 0.717) is 18.6 Å². The highest BCUT2D eigenvalue weighted by Gasteiger charge is 2.45. The first kappa shape index (κ1) is 56.6. The molecule has 24 heteroatoms. The minimum Gasteiger partial charge on any atom is -0.480 e. The molecule has 2 amide bonds. The fraction of sp³-hybridized carbons (Fsp3) is 0.532. The van der Waals surface area contributed by atoms with Crippen LogP contribution in [0.5, 0.6) is 11.5 Å². The number of para-hydroxylation sites is 1. The molecule has 2 heterocycles. The standard InChI is InChI=1S/C47H61F3N3O16PS/c1-7-62-42(55)31(6)68-70(59,69-35-11-9-8-10-12-35)28-66-34-17-13-32(14-18-34)23-38(51-46(58)67-40-27-65-44-37(40)21-22-63-44)39(54)25-53(24-29(2)3)71(60,61)36-19-15-33(16-20-36)26-64-43(56)41(30(4)5)52-45(57)47(48,49)50/h8-20,29-31,37-41,44,54H,7,21-28H2,1-6H3,(H,51,58)(H,52,57)/t31-,37+,38+,39-,40+,41+,44-,70?/m1/s1. The molecule has 5 rings (SSSR count). The number of hydrogen-bond acceptors (Lipinski definition) is 16. The van der Waals surface area contributed by atoms with Crippen LogP contribution in [0, 0.1) is 17.8 Å². The van der Waals surface area contributed by atoms with Gasteiger partial charge in [-0.25, -0.2) is 27.4 Å². The van der Waals surface area contributed by atoms with Crippen molar-refractivity contribution in [2.75, 3.05) is 39.3 Å². The number of fused-ring (bicyclic) bond motifs is 1. The van der Waals surface area contributed by atoms with Crippen LogP contribution in [0.4, 0.5) is 18.0 Å². The van der Waals surface area contributed by atoms with Gasteiger partial charge in [0.25, 0.3) is 0 Å². The minimum absolute atomic E-state index is 0.0524. The van der Waals surface area contributed by atoms with E-state index in [9.17, 15) is 50.4 Å². The van der Waals surface area contributed by atoms with E-state index in [1.807, 2.05) is 0 Å². The number of benzene rings is 3. The zero-order valence-electron chi connectivity index (χ0n) is 40.1. The molecule has 0 aliphatic carbocycles. The van der Waals surface area contributed by atoms with Crippen molar-refractivity contribution < 1.29 is 87.9 Å². The Bertz CT molecular complexity index is 2400. The number of amides is 2. The second-order valence-electron chi connectivity index (χ2n) is 17.6. The number of hydrogen-bond donors (Lipinski definition) is 3. The minimum atomic E-state index is -5.22. The van der Waals surface area contributed by atoms with Crippen LogP contribution in [0.25, 0.3) is 0 Å². The first-order valence-corrected chi connectivity index (χ1v) is 26.1. The summed E-state index contributed by atoms with van der Waals surface area (Å²) in [4.78, 5) is 49.9. The maximum Gasteiger partial charge on any atom is 0.471 e. The fourth-order valence-corrected chi connectivity index (χ4v) is 10.5. The Morgan fingerprint density at radius 1 is 0.859 bits per heavy atom. The molecule has 392 valence electrons. The van der Waals surface area contributed by atoms with Crippen molar-refractivity contribution in [3.8, 4) is 11.5 Å². The number of alkyl carbamates (subject to hydrolysis) is 1. The number of carbonyl (C=O) groups excluding carboxylic acids is 4. The molecule has 3 N–H and O–H groups in total. The van der Waals surface area contributed by atoms with Crippen molar-refractivity contribution in [2.45, 2.75) is 109 Å². The number of aliphatic hydroxyl groups excluding tert-OH is 1. The van der Waals surface area contributed by atoms with Crippen molar-refractivity contribution in [1.82, 2.24) is 14.9 Å². The van der Waals surface area contributed by atoms with Gasteiger partial charge in [-0.3, -0.25) is 9.32 Å². The average Bonchev–Trinajstić information content (AvgIpc) is 3.94. The summed E-state index contributed by atoms with van der Waals surface area (Å²) in [5.41, 5.74) is 0.828. The molecule has 3 aromatic rings. The molecule has 2 aliphatic rings. The maximum absolute atomic E-state index is 14.2. The van der Waals surface area contributed by atoms with E-state index in [0.717, 1.165) is 4.31 Å². The van der Waals surface area contributed by atoms with Crippen molar-refractivity contribution in [2.24, 2.45) is 17.8 Å². The van der Waals surface area contributed by atoms with Crippen molar-refractivity contribution in [3.63, 3.8) is 0 Å². The van der Waals surface area contributed by atoms with Gasteiger partial charge in [0.2, 0.25) is 16.4 Å². The van der Waals surface area contributed by atoms with E-state index in [1.54, 1.807) is 68.6 Å². The number of carbonyl (C=O) groups is 4. The number of halogens is 3. The van der Waals surface area contributed by atoms with Crippen LogP contribution >= 0.6 is 7.60 Å². The molecule has 0 bridgehead atoms. The van der Waals surface area contributed by atoms with Crippen molar-refractivity contribution in [3.05, 3.63) is 90.0 Å². The van der Waals surface area contributed by atoms with E-state index < -0.39 is 110 Å². The molecule has 0 spiro atoms. The Balaban J connectivity index is 1.31. The lowest BCUT2D eigenvalue weighted by molar-refractivity contribution is -0.176. The number of nitrogens with zero attached hydrogens (tertiary/aromatic N) is 1. The van der Waals surface area contributed by atoms with Gasteiger partial charge in [-0.1, -0.05) is 70.2 Å². The van der Waals surface area contributed by atoms with Gasteiger partial charge >= 0.3 is 37.7 Å². The summed E-state index contributed by atoms with van der Waals surface area (Å²) in [6, 6.07) is 16.9. The molecule has 2 fully saturated rings. The highest BCUT2D eigenvalue weighted by Crippen LogP contribution is 2.49. The Hall–Kier alpha value is -5.29. The van der Waals surface area contributed by atoms with Gasteiger partial charge in [-0.15, -0.1) is 0 Å². The van der Waals surface area contributed by atoms with E-state index in [1.165, 1.54) is 57.2 Å². The van der Waals surface area contributed by atoms with E-state index in [2.05, 4.69) is 5.32 Å². The molecule has 2 aliphatic heterocycles. The van der Waals surface area contributed by atoms with Crippen LogP contribution in [0.15, 0.2) is 83.8 Å². The first-order chi connectivity index (χ1) is 33.5. The van der Waals surface area contributed by atoms with Gasteiger partial charge in [-0.2, -0.15) is 17.5 Å². The van der Waals surface area contributed by atoms with Crippen LogP contribution in [-0.4, -0.2) is 124 Å². The zero-order valence-corrected chi connectivity index (χ0v) is 41.8. The van der Waals surface area contributed by atoms with Gasteiger partial charge in [-0.05, 0) is 86.1 Å². The molecule has 0 saturated carbocycles. The fourth-order valence-electron chi connectivity index (χ4n) is 7.43. The largest absolute Gasteiger partial charge is 0.480 e.